The Kier molecular flexibility index (Phi) is 5.13. The molecule has 120 valence electrons. The summed E-state index contributed by atoms with van der Waals surface area (Å²) in [6, 6.07) is 4.71. The molecule has 0 radical (unpaired) electrons. The summed E-state index contributed by atoms with van der Waals surface area (Å²) in [5.74, 6) is 1.84. The number of aromatic nitrogens is 1. The fraction of sp³-hybridized carbons (Fsp3) is 0.647. The molecule has 1 aliphatic heterocycles. The zero-order chi connectivity index (χ0) is 15.4. The van der Waals surface area contributed by atoms with Gasteiger partial charge in [0.1, 0.15) is 5.82 Å². The molecule has 1 saturated heterocycles. The molecule has 0 spiro atoms. The van der Waals surface area contributed by atoms with Crippen LogP contribution in [-0.4, -0.2) is 29.2 Å². The minimum atomic E-state index is 0.544. The average molecular weight is 318 g/mol. The van der Waals surface area contributed by atoms with Crippen molar-refractivity contribution >= 4 is 28.8 Å². The Morgan fingerprint density at radius 2 is 2.05 bits per heavy atom. The maximum atomic E-state index is 5.39. The lowest BCUT2D eigenvalue weighted by Crippen LogP contribution is -2.36. The van der Waals surface area contributed by atoms with Crippen LogP contribution in [0.5, 0.6) is 0 Å². The van der Waals surface area contributed by atoms with Crippen LogP contribution in [0.2, 0.25) is 0 Å². The van der Waals surface area contributed by atoms with Crippen LogP contribution < -0.4 is 15.5 Å². The molecule has 0 bridgehead atoms. The second kappa shape index (κ2) is 7.27. The molecule has 1 saturated carbocycles. The van der Waals surface area contributed by atoms with Crippen molar-refractivity contribution in [2.75, 3.05) is 23.3 Å². The van der Waals surface area contributed by atoms with E-state index in [1.165, 1.54) is 38.5 Å². The van der Waals surface area contributed by atoms with Gasteiger partial charge >= 0.3 is 0 Å². The van der Waals surface area contributed by atoms with Crippen molar-refractivity contribution in [1.82, 2.24) is 10.3 Å². The lowest BCUT2D eigenvalue weighted by Gasteiger charge is -2.31. The maximum Gasteiger partial charge on any atom is 0.171 e. The molecule has 1 aromatic rings. The van der Waals surface area contributed by atoms with Gasteiger partial charge in [-0.15, -0.1) is 0 Å². The SMILES string of the molecule is C[C@H]1CCCN(c2ccc(NC(=S)NC3CCCC3)cn2)C1. The second-order valence-electron chi connectivity index (χ2n) is 6.68. The van der Waals surface area contributed by atoms with Crippen molar-refractivity contribution in [2.24, 2.45) is 5.92 Å². The van der Waals surface area contributed by atoms with Gasteiger partial charge in [-0.25, -0.2) is 4.98 Å². The highest BCUT2D eigenvalue weighted by atomic mass is 32.1. The molecule has 1 atom stereocenters. The van der Waals surface area contributed by atoms with Gasteiger partial charge in [-0.2, -0.15) is 0 Å². The Balaban J connectivity index is 1.53. The van der Waals surface area contributed by atoms with Gasteiger partial charge in [0.05, 0.1) is 11.9 Å². The van der Waals surface area contributed by atoms with Crippen molar-refractivity contribution in [3.63, 3.8) is 0 Å². The standard InChI is InChI=1S/C17H26N4S/c1-13-5-4-10-21(12-13)16-9-8-15(11-18-16)20-17(22)19-14-6-2-3-7-14/h8-9,11,13-14H,2-7,10,12H2,1H3,(H2,19,20,22)/t13-/m0/s1. The predicted molar refractivity (Wildman–Crippen MR) is 96.5 cm³/mol. The lowest BCUT2D eigenvalue weighted by molar-refractivity contribution is 0.444. The van der Waals surface area contributed by atoms with Gasteiger partial charge in [0.2, 0.25) is 0 Å². The van der Waals surface area contributed by atoms with Crippen LogP contribution in [-0.2, 0) is 0 Å². The van der Waals surface area contributed by atoms with Crippen molar-refractivity contribution in [2.45, 2.75) is 51.5 Å². The van der Waals surface area contributed by atoms with Crippen LogP contribution in [0.15, 0.2) is 18.3 Å². The van der Waals surface area contributed by atoms with Gasteiger partial charge in [0.25, 0.3) is 0 Å². The van der Waals surface area contributed by atoms with Gasteiger partial charge < -0.3 is 15.5 Å². The van der Waals surface area contributed by atoms with Crippen LogP contribution in [0, 0.1) is 5.92 Å². The zero-order valence-electron chi connectivity index (χ0n) is 13.3. The first-order chi connectivity index (χ1) is 10.7. The summed E-state index contributed by atoms with van der Waals surface area (Å²) in [6.45, 7) is 4.54. The van der Waals surface area contributed by atoms with Crippen molar-refractivity contribution in [1.29, 1.82) is 0 Å². The van der Waals surface area contributed by atoms with Crippen molar-refractivity contribution in [3.8, 4) is 0 Å². The molecule has 0 amide bonds. The first-order valence-corrected chi connectivity index (χ1v) is 8.90. The average Bonchev–Trinajstić information content (AvgIpc) is 3.01. The van der Waals surface area contributed by atoms with E-state index in [1.54, 1.807) is 0 Å². The summed E-state index contributed by atoms with van der Waals surface area (Å²) < 4.78 is 0. The Hall–Kier alpha value is -1.36. The number of anilines is 2. The number of nitrogens with zero attached hydrogens (tertiary/aromatic N) is 2. The summed E-state index contributed by atoms with van der Waals surface area (Å²) in [6.07, 6.45) is 9.56. The third-order valence-corrected chi connectivity index (χ3v) is 4.90. The second-order valence-corrected chi connectivity index (χ2v) is 7.09. The quantitative estimate of drug-likeness (QED) is 0.834. The molecule has 0 unspecified atom stereocenters. The highest BCUT2D eigenvalue weighted by Crippen LogP contribution is 2.22. The van der Waals surface area contributed by atoms with E-state index in [-0.39, 0.29) is 0 Å². The van der Waals surface area contributed by atoms with E-state index >= 15 is 0 Å². The normalized spacial score (nSPS) is 22.6. The fourth-order valence-electron chi connectivity index (χ4n) is 3.47. The van der Waals surface area contributed by atoms with E-state index < -0.39 is 0 Å². The van der Waals surface area contributed by atoms with Crippen molar-refractivity contribution in [3.05, 3.63) is 18.3 Å². The largest absolute Gasteiger partial charge is 0.360 e. The van der Waals surface area contributed by atoms with E-state index in [1.807, 2.05) is 6.20 Å². The molecule has 4 nitrogen and oxygen atoms in total. The summed E-state index contributed by atoms with van der Waals surface area (Å²) >= 11 is 5.39. The first kappa shape index (κ1) is 15.5. The summed E-state index contributed by atoms with van der Waals surface area (Å²) in [7, 11) is 0. The topological polar surface area (TPSA) is 40.2 Å². The molecule has 2 aliphatic rings. The molecular formula is C17H26N4S. The smallest absolute Gasteiger partial charge is 0.171 e. The Bertz CT molecular complexity index is 496. The van der Waals surface area contributed by atoms with Gasteiger partial charge in [0.15, 0.2) is 5.11 Å². The van der Waals surface area contributed by atoms with Gasteiger partial charge in [-0.3, -0.25) is 0 Å². The third-order valence-electron chi connectivity index (χ3n) is 4.68. The molecule has 0 aromatic carbocycles. The van der Waals surface area contributed by atoms with Crippen LogP contribution in [0.25, 0.3) is 0 Å². The number of thiocarbonyl (C=S) groups is 1. The van der Waals surface area contributed by atoms with Crippen LogP contribution in [0.1, 0.15) is 45.4 Å². The minimum absolute atomic E-state index is 0.544. The monoisotopic (exact) mass is 318 g/mol. The molecular weight excluding hydrogens is 292 g/mol. The minimum Gasteiger partial charge on any atom is -0.360 e. The maximum absolute atomic E-state index is 5.39. The number of piperidine rings is 1. The molecule has 3 rings (SSSR count). The summed E-state index contributed by atoms with van der Waals surface area (Å²) in [5.41, 5.74) is 0.962. The highest BCUT2D eigenvalue weighted by molar-refractivity contribution is 7.80. The van der Waals surface area contributed by atoms with E-state index in [9.17, 15) is 0 Å². The van der Waals surface area contributed by atoms with Crippen LogP contribution in [0.3, 0.4) is 0 Å². The van der Waals surface area contributed by atoms with Crippen LogP contribution in [0.4, 0.5) is 11.5 Å². The molecule has 1 aromatic heterocycles. The highest BCUT2D eigenvalue weighted by Gasteiger charge is 2.18. The molecule has 2 fully saturated rings. The van der Waals surface area contributed by atoms with Gasteiger partial charge in [-0.1, -0.05) is 19.8 Å². The number of hydrogen-bond acceptors (Lipinski definition) is 3. The molecule has 22 heavy (non-hydrogen) atoms. The van der Waals surface area contributed by atoms with Gasteiger partial charge in [0, 0.05) is 19.1 Å². The molecule has 2 N–H and O–H groups in total. The van der Waals surface area contributed by atoms with E-state index in [2.05, 4.69) is 39.6 Å². The summed E-state index contributed by atoms with van der Waals surface area (Å²) in [5, 5.41) is 7.36. The fourth-order valence-corrected chi connectivity index (χ4v) is 3.75. The third kappa shape index (κ3) is 4.09. The first-order valence-electron chi connectivity index (χ1n) is 8.49. The Morgan fingerprint density at radius 1 is 1.23 bits per heavy atom. The molecule has 5 heteroatoms. The summed E-state index contributed by atoms with van der Waals surface area (Å²) in [4.78, 5) is 6.98. The van der Waals surface area contributed by atoms with E-state index in [0.717, 1.165) is 30.5 Å². The number of pyridine rings is 1. The van der Waals surface area contributed by atoms with Gasteiger partial charge in [-0.05, 0) is 56.0 Å². The van der Waals surface area contributed by atoms with Crippen LogP contribution >= 0.6 is 12.2 Å². The van der Waals surface area contributed by atoms with E-state index in [4.69, 9.17) is 12.2 Å². The Morgan fingerprint density at radius 3 is 2.73 bits per heavy atom. The molecule has 1 aliphatic carbocycles. The lowest BCUT2D eigenvalue weighted by atomic mass is 10.0. The number of nitrogens with one attached hydrogen (secondary N) is 2. The molecule has 2 heterocycles. The Labute approximate surface area is 138 Å². The predicted octanol–water partition coefficient (Wildman–Crippen LogP) is 3.55. The van der Waals surface area contributed by atoms with Crippen molar-refractivity contribution < 1.29 is 0 Å². The number of hydrogen-bond donors (Lipinski definition) is 2. The number of rotatable bonds is 3. The van der Waals surface area contributed by atoms with E-state index in [0.29, 0.717) is 11.2 Å². The zero-order valence-corrected chi connectivity index (χ0v) is 14.2.